The lowest BCUT2D eigenvalue weighted by Gasteiger charge is -2.23. The molecule has 1 atom stereocenters. The maximum absolute atomic E-state index is 3.52. The molecule has 0 radical (unpaired) electrons. The molecule has 1 N–H and O–H groups in total. The molecular weight excluding hydrogens is 194 g/mol. The molecule has 2 aromatic carbocycles. The highest BCUT2D eigenvalue weighted by atomic mass is 14.9. The zero-order chi connectivity index (χ0) is 10.5. The fourth-order valence-corrected chi connectivity index (χ4v) is 3.18. The monoisotopic (exact) mass is 207 g/mol. The summed E-state index contributed by atoms with van der Waals surface area (Å²) in [6.07, 6.45) is 0. The standard InChI is InChI=1S/C15H13N/c1-2-6-12-11(5-1)13-7-3-4-10-8-16-9-14(12)15(10)13/h1-7,14,16H,8-9H2. The van der Waals surface area contributed by atoms with Gasteiger partial charge < -0.3 is 5.32 Å². The highest BCUT2D eigenvalue weighted by molar-refractivity contribution is 5.80. The number of fused-ring (bicyclic) bond motifs is 3. The lowest BCUT2D eigenvalue weighted by molar-refractivity contribution is 0.600. The van der Waals surface area contributed by atoms with Gasteiger partial charge in [0.2, 0.25) is 0 Å². The van der Waals surface area contributed by atoms with Crippen molar-refractivity contribution < 1.29 is 0 Å². The first-order valence-electron chi connectivity index (χ1n) is 5.87. The molecule has 16 heavy (non-hydrogen) atoms. The molecule has 0 spiro atoms. The number of benzene rings is 2. The van der Waals surface area contributed by atoms with E-state index >= 15 is 0 Å². The Kier molecular flexibility index (Phi) is 1.58. The summed E-state index contributed by atoms with van der Waals surface area (Å²) in [4.78, 5) is 0. The lowest BCUT2D eigenvalue weighted by atomic mass is 9.90. The normalized spacial score (nSPS) is 20.4. The molecule has 1 aliphatic carbocycles. The van der Waals surface area contributed by atoms with Gasteiger partial charge in [0.05, 0.1) is 0 Å². The summed E-state index contributed by atoms with van der Waals surface area (Å²) >= 11 is 0. The fourth-order valence-electron chi connectivity index (χ4n) is 3.18. The molecule has 1 nitrogen and oxygen atoms in total. The van der Waals surface area contributed by atoms with Crippen molar-refractivity contribution in [2.45, 2.75) is 12.5 Å². The maximum atomic E-state index is 3.52. The predicted octanol–water partition coefficient (Wildman–Crippen LogP) is 2.90. The maximum Gasteiger partial charge on any atom is 0.0230 e. The van der Waals surface area contributed by atoms with E-state index in [9.17, 15) is 0 Å². The predicted molar refractivity (Wildman–Crippen MR) is 65.4 cm³/mol. The van der Waals surface area contributed by atoms with Gasteiger partial charge in [-0.15, -0.1) is 0 Å². The van der Waals surface area contributed by atoms with Crippen LogP contribution in [0, 0.1) is 0 Å². The van der Waals surface area contributed by atoms with Gasteiger partial charge in [-0.05, 0) is 27.8 Å². The molecule has 0 fully saturated rings. The second-order valence-electron chi connectivity index (χ2n) is 4.65. The Morgan fingerprint density at radius 3 is 2.81 bits per heavy atom. The van der Waals surface area contributed by atoms with Gasteiger partial charge in [-0.3, -0.25) is 0 Å². The van der Waals surface area contributed by atoms with Gasteiger partial charge in [-0.2, -0.15) is 0 Å². The average molecular weight is 207 g/mol. The van der Waals surface area contributed by atoms with E-state index in [-0.39, 0.29) is 0 Å². The quantitative estimate of drug-likeness (QED) is 0.700. The van der Waals surface area contributed by atoms with Gasteiger partial charge >= 0.3 is 0 Å². The van der Waals surface area contributed by atoms with Gasteiger partial charge in [0.15, 0.2) is 0 Å². The average Bonchev–Trinajstić information content (AvgIpc) is 2.68. The molecule has 1 unspecified atom stereocenters. The Morgan fingerprint density at radius 2 is 1.81 bits per heavy atom. The number of rotatable bonds is 0. The first-order valence-corrected chi connectivity index (χ1v) is 5.87. The van der Waals surface area contributed by atoms with Gasteiger partial charge in [0.1, 0.15) is 0 Å². The number of nitrogens with one attached hydrogen (secondary N) is 1. The Balaban J connectivity index is 2.10. The third kappa shape index (κ3) is 0.940. The van der Waals surface area contributed by atoms with Crippen LogP contribution in [0.1, 0.15) is 22.6 Å². The van der Waals surface area contributed by atoms with Gasteiger partial charge in [0, 0.05) is 19.0 Å². The van der Waals surface area contributed by atoms with E-state index in [1.54, 1.807) is 5.56 Å². The van der Waals surface area contributed by atoms with Crippen LogP contribution in [-0.2, 0) is 6.54 Å². The fraction of sp³-hybridized carbons (Fsp3) is 0.200. The Morgan fingerprint density at radius 1 is 0.938 bits per heavy atom. The first-order chi connectivity index (χ1) is 7.95. The molecule has 78 valence electrons. The van der Waals surface area contributed by atoms with Crippen molar-refractivity contribution in [1.82, 2.24) is 5.32 Å². The van der Waals surface area contributed by atoms with Crippen LogP contribution >= 0.6 is 0 Å². The summed E-state index contributed by atoms with van der Waals surface area (Å²) in [5.74, 6) is 0.580. The minimum absolute atomic E-state index is 0.580. The second kappa shape index (κ2) is 2.96. The highest BCUT2D eigenvalue weighted by Crippen LogP contribution is 2.46. The molecule has 4 rings (SSSR count). The molecule has 0 bridgehead atoms. The lowest BCUT2D eigenvalue weighted by Crippen LogP contribution is -2.27. The smallest absolute Gasteiger partial charge is 0.0230 e. The van der Waals surface area contributed by atoms with Crippen molar-refractivity contribution in [1.29, 1.82) is 0 Å². The van der Waals surface area contributed by atoms with Gasteiger partial charge in [-0.25, -0.2) is 0 Å². The van der Waals surface area contributed by atoms with Gasteiger partial charge in [0.25, 0.3) is 0 Å². The second-order valence-corrected chi connectivity index (χ2v) is 4.65. The Bertz CT molecular complexity index is 571. The van der Waals surface area contributed by atoms with Crippen molar-refractivity contribution in [2.75, 3.05) is 6.54 Å². The SMILES string of the molecule is c1ccc2c(c1)-c1cccc3c1C2CNC3. The molecule has 0 amide bonds. The van der Waals surface area contributed by atoms with Crippen molar-refractivity contribution in [3.05, 3.63) is 59.2 Å². The van der Waals surface area contributed by atoms with E-state index in [0.717, 1.165) is 13.1 Å². The van der Waals surface area contributed by atoms with E-state index in [1.807, 2.05) is 0 Å². The van der Waals surface area contributed by atoms with Crippen LogP contribution in [-0.4, -0.2) is 6.54 Å². The van der Waals surface area contributed by atoms with E-state index in [1.165, 1.54) is 22.3 Å². The summed E-state index contributed by atoms with van der Waals surface area (Å²) in [5.41, 5.74) is 7.44. The van der Waals surface area contributed by atoms with Crippen LogP contribution in [0.5, 0.6) is 0 Å². The Labute approximate surface area is 95.1 Å². The number of hydrogen-bond acceptors (Lipinski definition) is 1. The van der Waals surface area contributed by atoms with E-state index < -0.39 is 0 Å². The molecule has 1 aliphatic heterocycles. The van der Waals surface area contributed by atoms with E-state index in [2.05, 4.69) is 47.8 Å². The summed E-state index contributed by atoms with van der Waals surface area (Å²) in [7, 11) is 0. The molecule has 2 aromatic rings. The first kappa shape index (κ1) is 8.54. The molecular formula is C15H13N. The van der Waals surface area contributed by atoms with E-state index in [4.69, 9.17) is 0 Å². The van der Waals surface area contributed by atoms with E-state index in [0.29, 0.717) is 5.92 Å². The Hall–Kier alpha value is -1.60. The summed E-state index contributed by atoms with van der Waals surface area (Å²) in [6, 6.07) is 15.5. The third-order valence-corrected chi connectivity index (χ3v) is 3.84. The van der Waals surface area contributed by atoms with Crippen LogP contribution in [0.4, 0.5) is 0 Å². The minimum atomic E-state index is 0.580. The van der Waals surface area contributed by atoms with Crippen molar-refractivity contribution in [3.8, 4) is 11.1 Å². The molecule has 1 heterocycles. The molecule has 0 saturated carbocycles. The summed E-state index contributed by atoms with van der Waals surface area (Å²) in [5, 5.41) is 3.52. The molecule has 1 heteroatoms. The highest BCUT2D eigenvalue weighted by Gasteiger charge is 2.32. The van der Waals surface area contributed by atoms with Crippen LogP contribution in [0.2, 0.25) is 0 Å². The topological polar surface area (TPSA) is 12.0 Å². The molecule has 2 aliphatic rings. The van der Waals surface area contributed by atoms with Gasteiger partial charge in [-0.1, -0.05) is 42.5 Å². The molecule has 0 aromatic heterocycles. The summed E-state index contributed by atoms with van der Waals surface area (Å²) < 4.78 is 0. The van der Waals surface area contributed by atoms with Crippen molar-refractivity contribution >= 4 is 0 Å². The largest absolute Gasteiger partial charge is 0.312 e. The van der Waals surface area contributed by atoms with Crippen LogP contribution in [0.25, 0.3) is 11.1 Å². The number of hydrogen-bond donors (Lipinski definition) is 1. The molecule has 0 saturated heterocycles. The zero-order valence-electron chi connectivity index (χ0n) is 9.03. The zero-order valence-corrected chi connectivity index (χ0v) is 9.03. The van der Waals surface area contributed by atoms with Crippen LogP contribution in [0.15, 0.2) is 42.5 Å². The van der Waals surface area contributed by atoms with Crippen molar-refractivity contribution in [2.24, 2.45) is 0 Å². The third-order valence-electron chi connectivity index (χ3n) is 3.84. The summed E-state index contributed by atoms with van der Waals surface area (Å²) in [6.45, 7) is 2.11. The van der Waals surface area contributed by atoms with Crippen LogP contribution in [0.3, 0.4) is 0 Å². The van der Waals surface area contributed by atoms with Crippen molar-refractivity contribution in [3.63, 3.8) is 0 Å². The van der Waals surface area contributed by atoms with Crippen LogP contribution < -0.4 is 5.32 Å². The minimum Gasteiger partial charge on any atom is -0.312 e.